The number of thiophene rings is 2. The summed E-state index contributed by atoms with van der Waals surface area (Å²) in [6.07, 6.45) is 1.38. The van der Waals surface area contributed by atoms with Gasteiger partial charge in [0, 0.05) is 27.9 Å². The first-order valence-corrected chi connectivity index (χ1v) is 15.5. The maximum Gasteiger partial charge on any atom is 0.341 e. The van der Waals surface area contributed by atoms with Crippen LogP contribution in [0.2, 0.25) is 0 Å². The average molecular weight is 610 g/mol. The molecule has 1 aromatic carbocycles. The third-order valence-electron chi connectivity index (χ3n) is 6.09. The highest BCUT2D eigenvalue weighted by molar-refractivity contribution is 7.99. The lowest BCUT2D eigenvalue weighted by atomic mass is 10.0. The molecule has 0 aliphatic carbocycles. The largest absolute Gasteiger partial charge is 0.459 e. The Morgan fingerprint density at radius 3 is 2.51 bits per heavy atom. The van der Waals surface area contributed by atoms with Crippen LogP contribution < -0.4 is 11.1 Å². The lowest BCUT2D eigenvalue weighted by Gasteiger charge is -2.11. The van der Waals surface area contributed by atoms with Gasteiger partial charge in [-0.15, -0.1) is 39.4 Å². The van der Waals surface area contributed by atoms with Gasteiger partial charge in [-0.2, -0.15) is 0 Å². The zero-order valence-electron chi connectivity index (χ0n) is 23.4. The van der Waals surface area contributed by atoms with Crippen molar-refractivity contribution in [3.05, 3.63) is 68.7 Å². The SMILES string of the molecule is C=CCn1c(SCC(=O)Nc2sc(C(N)=O)c(C)c2C(=O)OC(C)C)nnc1-c1csc(C)c1-c1ccc(C)cc1. The fourth-order valence-corrected chi connectivity index (χ4v) is 6.91. The summed E-state index contributed by atoms with van der Waals surface area (Å²) in [4.78, 5) is 39.0. The van der Waals surface area contributed by atoms with Crippen LogP contribution in [0.5, 0.6) is 0 Å². The summed E-state index contributed by atoms with van der Waals surface area (Å²) in [5.74, 6) is -1.02. The Bertz CT molecular complexity index is 1620. The van der Waals surface area contributed by atoms with Crippen LogP contribution in [0.25, 0.3) is 22.5 Å². The van der Waals surface area contributed by atoms with Crippen molar-refractivity contribution in [2.75, 3.05) is 11.1 Å². The van der Waals surface area contributed by atoms with Crippen LogP contribution in [0, 0.1) is 20.8 Å². The third-order valence-corrected chi connectivity index (χ3v) is 9.19. The highest BCUT2D eigenvalue weighted by atomic mass is 32.2. The summed E-state index contributed by atoms with van der Waals surface area (Å²) in [5.41, 5.74) is 10.3. The summed E-state index contributed by atoms with van der Waals surface area (Å²) in [7, 11) is 0. The van der Waals surface area contributed by atoms with Crippen molar-refractivity contribution in [3.8, 4) is 22.5 Å². The number of hydrogen-bond donors (Lipinski definition) is 2. The van der Waals surface area contributed by atoms with E-state index in [-0.39, 0.29) is 33.2 Å². The molecular weight excluding hydrogens is 579 g/mol. The zero-order valence-corrected chi connectivity index (χ0v) is 25.9. The van der Waals surface area contributed by atoms with E-state index in [9.17, 15) is 14.4 Å². The van der Waals surface area contributed by atoms with Crippen LogP contribution in [-0.4, -0.2) is 44.4 Å². The molecule has 4 aromatic rings. The van der Waals surface area contributed by atoms with E-state index in [0.717, 1.165) is 28.0 Å². The molecule has 0 spiro atoms. The molecule has 4 rings (SSSR count). The molecular formula is C29H31N5O4S3. The number of nitrogens with zero attached hydrogens (tertiary/aromatic N) is 3. The predicted molar refractivity (Wildman–Crippen MR) is 166 cm³/mol. The van der Waals surface area contributed by atoms with Crippen LogP contribution in [0.15, 0.2) is 47.5 Å². The zero-order chi connectivity index (χ0) is 29.8. The number of benzene rings is 1. The number of primary amides is 1. The molecule has 41 heavy (non-hydrogen) atoms. The van der Waals surface area contributed by atoms with Gasteiger partial charge in [0.15, 0.2) is 11.0 Å². The van der Waals surface area contributed by atoms with E-state index in [1.54, 1.807) is 38.2 Å². The maximum atomic E-state index is 13.0. The summed E-state index contributed by atoms with van der Waals surface area (Å²) in [6, 6.07) is 8.37. The highest BCUT2D eigenvalue weighted by Crippen LogP contribution is 2.39. The van der Waals surface area contributed by atoms with E-state index in [4.69, 9.17) is 10.5 Å². The van der Waals surface area contributed by atoms with Crippen LogP contribution in [0.1, 0.15) is 49.9 Å². The van der Waals surface area contributed by atoms with Crippen molar-refractivity contribution in [3.63, 3.8) is 0 Å². The van der Waals surface area contributed by atoms with Crippen molar-refractivity contribution in [1.29, 1.82) is 0 Å². The number of thioether (sulfide) groups is 1. The molecule has 3 heterocycles. The number of aromatic nitrogens is 3. The smallest absolute Gasteiger partial charge is 0.341 e. The van der Waals surface area contributed by atoms with Gasteiger partial charge in [-0.1, -0.05) is 47.7 Å². The second-order valence-electron chi connectivity index (χ2n) is 9.57. The number of nitrogens with one attached hydrogen (secondary N) is 1. The highest BCUT2D eigenvalue weighted by Gasteiger charge is 2.27. The number of carbonyl (C=O) groups excluding carboxylic acids is 3. The van der Waals surface area contributed by atoms with Crippen molar-refractivity contribution < 1.29 is 19.1 Å². The number of hydrogen-bond acceptors (Lipinski definition) is 9. The molecule has 214 valence electrons. The van der Waals surface area contributed by atoms with E-state index in [2.05, 4.69) is 65.6 Å². The van der Waals surface area contributed by atoms with Crippen molar-refractivity contribution in [2.24, 2.45) is 5.73 Å². The number of aryl methyl sites for hydroxylation is 2. The Balaban J connectivity index is 1.58. The van der Waals surface area contributed by atoms with Gasteiger partial charge < -0.3 is 15.8 Å². The van der Waals surface area contributed by atoms with E-state index in [1.807, 2.05) is 4.57 Å². The molecule has 0 radical (unpaired) electrons. The van der Waals surface area contributed by atoms with Gasteiger partial charge in [0.1, 0.15) is 5.00 Å². The number of esters is 1. The third kappa shape index (κ3) is 6.61. The number of rotatable bonds is 11. The Kier molecular flexibility index (Phi) is 9.46. The molecule has 0 fully saturated rings. The summed E-state index contributed by atoms with van der Waals surface area (Å²) in [5, 5.41) is 14.5. The number of anilines is 1. The van der Waals surface area contributed by atoms with Crippen molar-refractivity contribution in [2.45, 2.75) is 52.4 Å². The molecule has 2 amide bonds. The minimum atomic E-state index is -0.681. The first-order chi connectivity index (χ1) is 19.5. The van der Waals surface area contributed by atoms with Crippen LogP contribution >= 0.6 is 34.4 Å². The second-order valence-corrected chi connectivity index (χ2v) is 12.6. The summed E-state index contributed by atoms with van der Waals surface area (Å²) >= 11 is 3.81. The van der Waals surface area contributed by atoms with Crippen molar-refractivity contribution >= 4 is 57.2 Å². The molecule has 0 unspecified atom stereocenters. The van der Waals surface area contributed by atoms with Gasteiger partial charge in [0.05, 0.1) is 22.3 Å². The lowest BCUT2D eigenvalue weighted by molar-refractivity contribution is -0.113. The number of ether oxygens (including phenoxy) is 1. The molecule has 3 aromatic heterocycles. The van der Waals surface area contributed by atoms with Gasteiger partial charge in [0.2, 0.25) is 5.91 Å². The lowest BCUT2D eigenvalue weighted by Crippen LogP contribution is -2.18. The summed E-state index contributed by atoms with van der Waals surface area (Å²) in [6.45, 7) is 13.5. The first-order valence-electron chi connectivity index (χ1n) is 12.8. The van der Waals surface area contributed by atoms with E-state index in [1.165, 1.54) is 22.2 Å². The van der Waals surface area contributed by atoms with Gasteiger partial charge >= 0.3 is 5.97 Å². The topological polar surface area (TPSA) is 129 Å². The Morgan fingerprint density at radius 1 is 1.17 bits per heavy atom. The molecule has 0 saturated carbocycles. The van der Waals surface area contributed by atoms with Crippen molar-refractivity contribution in [1.82, 2.24) is 14.8 Å². The fourth-order valence-electron chi connectivity index (χ4n) is 4.23. The molecule has 0 aliphatic heterocycles. The monoisotopic (exact) mass is 609 g/mol. The average Bonchev–Trinajstić information content (AvgIpc) is 3.58. The molecule has 0 aliphatic rings. The number of allylic oxidation sites excluding steroid dienone is 1. The van der Waals surface area contributed by atoms with E-state index < -0.39 is 11.9 Å². The fraction of sp³-hybridized carbons (Fsp3) is 0.276. The molecule has 0 saturated heterocycles. The molecule has 3 N–H and O–H groups in total. The van der Waals surface area contributed by atoms with E-state index in [0.29, 0.717) is 23.1 Å². The molecule has 0 bridgehead atoms. The Morgan fingerprint density at radius 2 is 1.88 bits per heavy atom. The first kappa shape index (κ1) is 30.2. The minimum absolute atomic E-state index is 0.00964. The molecule has 0 atom stereocenters. The Hall–Kier alpha value is -3.74. The standard InChI is InChI=1S/C29H31N5O4S3/c1-7-12-34-26(20-13-39-18(6)23(20)19-10-8-16(4)9-11-19)32-33-29(34)40-14-21(35)31-27-22(28(37)38-15(2)3)17(5)24(41-27)25(30)36/h7-11,13,15H,1,12,14H2,2-6H3,(H2,30,36)(H,31,35). The van der Waals surface area contributed by atoms with Gasteiger partial charge in [-0.3, -0.25) is 14.2 Å². The number of nitrogens with two attached hydrogens (primary N) is 1. The van der Waals surface area contributed by atoms with Crippen LogP contribution in [0.3, 0.4) is 0 Å². The number of amides is 2. The van der Waals surface area contributed by atoms with E-state index >= 15 is 0 Å². The second kappa shape index (κ2) is 12.8. The van der Waals surface area contributed by atoms with Crippen LogP contribution in [0.4, 0.5) is 5.00 Å². The van der Waals surface area contributed by atoms with Gasteiger partial charge in [-0.05, 0) is 45.7 Å². The quantitative estimate of drug-likeness (QED) is 0.117. The minimum Gasteiger partial charge on any atom is -0.459 e. The molecule has 9 nitrogen and oxygen atoms in total. The normalized spacial score (nSPS) is 11.1. The van der Waals surface area contributed by atoms with Crippen LogP contribution in [-0.2, 0) is 16.1 Å². The van der Waals surface area contributed by atoms with Gasteiger partial charge in [0.25, 0.3) is 5.91 Å². The molecule has 12 heteroatoms. The summed E-state index contributed by atoms with van der Waals surface area (Å²) < 4.78 is 7.25. The predicted octanol–water partition coefficient (Wildman–Crippen LogP) is 6.24. The van der Waals surface area contributed by atoms with Gasteiger partial charge in [-0.25, -0.2) is 4.79 Å². The Labute approximate surface area is 250 Å². The maximum absolute atomic E-state index is 13.0. The number of carbonyl (C=O) groups is 3.